The molecule has 1 aliphatic carbocycles. The molecule has 0 saturated carbocycles. The number of nitro groups is 1. The number of carbonyl (C=O) groups is 1. The Kier molecular flexibility index (Phi) is 8.20. The molecule has 1 heterocycles. The van der Waals surface area contributed by atoms with E-state index in [4.69, 9.17) is 17.3 Å². The summed E-state index contributed by atoms with van der Waals surface area (Å²) in [5.41, 5.74) is 13.6. The Morgan fingerprint density at radius 2 is 1.85 bits per heavy atom. The molecule has 0 spiro atoms. The third kappa shape index (κ3) is 5.48. The molecule has 9 heteroatoms. The number of hydrogen-bond donors (Lipinski definition) is 1. The van der Waals surface area contributed by atoms with Gasteiger partial charge in [-0.05, 0) is 60.6 Å². The molecule has 41 heavy (non-hydrogen) atoms. The van der Waals surface area contributed by atoms with E-state index < -0.39 is 10.8 Å². The number of carbonyl (C=O) groups excluding carboxylic acids is 1. The van der Waals surface area contributed by atoms with Crippen molar-refractivity contribution in [2.24, 2.45) is 5.73 Å². The first-order valence-electron chi connectivity index (χ1n) is 13.3. The van der Waals surface area contributed by atoms with Crippen LogP contribution in [0.5, 0.6) is 0 Å². The third-order valence-corrected chi connectivity index (χ3v) is 9.07. The average molecular weight is 585 g/mol. The standard InChI is InChI=1S/C32H29ClN4O3S/c1-19-13-20(2)24(14-22(19)18-41-17-21-7-4-3-5-8-21)30-25(16-34)32(35)36(27-9-6-10-29(38)31(27)30)28-15-23(37(39)40)11-12-26(28)33/h3-5,7-8,11-15,30H,6,9-10,17-18,35H2,1-2H3. The van der Waals surface area contributed by atoms with Crippen molar-refractivity contribution < 1.29 is 9.72 Å². The third-order valence-electron chi connectivity index (χ3n) is 7.70. The van der Waals surface area contributed by atoms with E-state index in [0.29, 0.717) is 30.5 Å². The summed E-state index contributed by atoms with van der Waals surface area (Å²) in [6, 6.07) is 20.9. The molecule has 0 radical (unpaired) electrons. The number of nitrogens with zero attached hydrogens (tertiary/aromatic N) is 3. The zero-order valence-corrected chi connectivity index (χ0v) is 24.4. The second-order valence-electron chi connectivity index (χ2n) is 10.3. The minimum absolute atomic E-state index is 0.0527. The van der Waals surface area contributed by atoms with Crippen LogP contribution in [0.4, 0.5) is 11.4 Å². The van der Waals surface area contributed by atoms with E-state index in [2.05, 4.69) is 37.3 Å². The van der Waals surface area contributed by atoms with Crippen LogP contribution in [0.1, 0.15) is 53.0 Å². The molecule has 0 fully saturated rings. The lowest BCUT2D eigenvalue weighted by atomic mass is 9.74. The van der Waals surface area contributed by atoms with Crippen molar-refractivity contribution >= 4 is 40.5 Å². The maximum absolute atomic E-state index is 13.6. The molecule has 1 atom stereocenters. The predicted molar refractivity (Wildman–Crippen MR) is 163 cm³/mol. The van der Waals surface area contributed by atoms with Gasteiger partial charge in [-0.1, -0.05) is 54.1 Å². The molecule has 3 aromatic carbocycles. The summed E-state index contributed by atoms with van der Waals surface area (Å²) in [6.45, 7) is 4.07. The number of nitriles is 1. The minimum Gasteiger partial charge on any atom is -0.384 e. The van der Waals surface area contributed by atoms with E-state index in [9.17, 15) is 20.2 Å². The van der Waals surface area contributed by atoms with Crippen LogP contribution >= 0.6 is 23.4 Å². The van der Waals surface area contributed by atoms with Crippen molar-refractivity contribution in [2.75, 3.05) is 4.90 Å². The van der Waals surface area contributed by atoms with E-state index in [0.717, 1.165) is 33.8 Å². The number of ketones is 1. The number of Topliss-reactive ketones (excluding diaryl/α,β-unsaturated/α-hetero) is 1. The predicted octanol–water partition coefficient (Wildman–Crippen LogP) is 7.60. The first-order valence-corrected chi connectivity index (χ1v) is 14.9. The largest absolute Gasteiger partial charge is 0.384 e. The molecular formula is C32H29ClN4O3S. The molecule has 3 aromatic rings. The molecule has 0 bridgehead atoms. The maximum Gasteiger partial charge on any atom is 0.271 e. The Morgan fingerprint density at radius 3 is 2.56 bits per heavy atom. The molecule has 7 nitrogen and oxygen atoms in total. The summed E-state index contributed by atoms with van der Waals surface area (Å²) < 4.78 is 0. The molecule has 0 aromatic heterocycles. The number of aryl methyl sites for hydroxylation is 2. The van der Waals surface area contributed by atoms with Crippen molar-refractivity contribution in [1.82, 2.24) is 0 Å². The number of rotatable bonds is 7. The van der Waals surface area contributed by atoms with Gasteiger partial charge >= 0.3 is 0 Å². The van der Waals surface area contributed by atoms with Crippen LogP contribution in [-0.2, 0) is 16.3 Å². The van der Waals surface area contributed by atoms with Gasteiger partial charge in [0.15, 0.2) is 5.78 Å². The summed E-state index contributed by atoms with van der Waals surface area (Å²) >= 11 is 8.34. The van der Waals surface area contributed by atoms with E-state index in [1.165, 1.54) is 23.8 Å². The zero-order chi connectivity index (χ0) is 29.3. The quantitative estimate of drug-likeness (QED) is 0.224. The summed E-state index contributed by atoms with van der Waals surface area (Å²) in [5.74, 6) is 1.10. The minimum atomic E-state index is -0.630. The van der Waals surface area contributed by atoms with Crippen LogP contribution in [-0.4, -0.2) is 10.7 Å². The Morgan fingerprint density at radius 1 is 1.10 bits per heavy atom. The highest BCUT2D eigenvalue weighted by atomic mass is 35.5. The van der Waals surface area contributed by atoms with Crippen LogP contribution in [0, 0.1) is 35.3 Å². The average Bonchev–Trinajstić information content (AvgIpc) is 2.95. The molecule has 1 unspecified atom stereocenters. The molecule has 5 rings (SSSR count). The summed E-state index contributed by atoms with van der Waals surface area (Å²) in [5, 5.41) is 22.2. The van der Waals surface area contributed by atoms with Gasteiger partial charge in [-0.15, -0.1) is 0 Å². The van der Waals surface area contributed by atoms with E-state index >= 15 is 0 Å². The molecule has 2 aliphatic rings. The highest BCUT2D eigenvalue weighted by molar-refractivity contribution is 7.97. The monoisotopic (exact) mass is 584 g/mol. The summed E-state index contributed by atoms with van der Waals surface area (Å²) in [7, 11) is 0. The number of halogens is 1. The van der Waals surface area contributed by atoms with Crippen molar-refractivity contribution in [2.45, 2.75) is 50.5 Å². The van der Waals surface area contributed by atoms with Gasteiger partial charge in [-0.25, -0.2) is 0 Å². The number of nitrogens with two attached hydrogens (primary N) is 1. The number of anilines is 1. The van der Waals surface area contributed by atoms with Gasteiger partial charge < -0.3 is 5.73 Å². The zero-order valence-electron chi connectivity index (χ0n) is 22.8. The lowest BCUT2D eigenvalue weighted by Gasteiger charge is -2.40. The molecule has 0 saturated heterocycles. The van der Waals surface area contributed by atoms with Crippen molar-refractivity contribution in [1.29, 1.82) is 5.26 Å². The van der Waals surface area contributed by atoms with E-state index in [1.54, 1.807) is 4.90 Å². The number of non-ortho nitro benzene ring substituents is 1. The van der Waals surface area contributed by atoms with Crippen molar-refractivity contribution in [3.05, 3.63) is 126 Å². The van der Waals surface area contributed by atoms with Crippen molar-refractivity contribution in [3.8, 4) is 6.07 Å². The highest BCUT2D eigenvalue weighted by Crippen LogP contribution is 2.49. The number of hydrogen-bond acceptors (Lipinski definition) is 7. The van der Waals surface area contributed by atoms with E-state index in [1.807, 2.05) is 36.9 Å². The number of benzene rings is 3. The van der Waals surface area contributed by atoms with Gasteiger partial charge in [-0.3, -0.25) is 19.8 Å². The lowest BCUT2D eigenvalue weighted by Crippen LogP contribution is -2.39. The maximum atomic E-state index is 13.6. The summed E-state index contributed by atoms with van der Waals surface area (Å²) in [4.78, 5) is 26.2. The molecule has 2 N–H and O–H groups in total. The summed E-state index contributed by atoms with van der Waals surface area (Å²) in [6.07, 6.45) is 1.49. The first kappa shape index (κ1) is 28.5. The number of thioether (sulfide) groups is 1. The van der Waals surface area contributed by atoms with Gasteiger partial charge in [0.2, 0.25) is 0 Å². The fourth-order valence-corrected chi connectivity index (χ4v) is 6.96. The van der Waals surface area contributed by atoms with Crippen LogP contribution in [0.2, 0.25) is 5.02 Å². The molecule has 0 amide bonds. The fraction of sp³-hybridized carbons (Fsp3) is 0.250. The van der Waals surface area contributed by atoms with Gasteiger partial charge in [0.25, 0.3) is 5.69 Å². The Hall–Kier alpha value is -4.06. The fourth-order valence-electron chi connectivity index (χ4n) is 5.69. The molecular weight excluding hydrogens is 556 g/mol. The second-order valence-corrected chi connectivity index (χ2v) is 11.7. The smallest absolute Gasteiger partial charge is 0.271 e. The van der Waals surface area contributed by atoms with Crippen LogP contribution < -0.4 is 10.6 Å². The SMILES string of the molecule is Cc1cc(C)c(C2C(C#N)=C(N)N(c3cc([N+](=O)[O-])ccc3Cl)C3=C2C(=O)CCC3)cc1CSCc1ccccc1. The molecule has 208 valence electrons. The van der Waals surface area contributed by atoms with Crippen molar-refractivity contribution in [3.63, 3.8) is 0 Å². The van der Waals surface area contributed by atoms with Gasteiger partial charge in [0, 0.05) is 41.3 Å². The molecule has 1 aliphatic heterocycles. The first-order chi connectivity index (χ1) is 19.7. The van der Waals surface area contributed by atoms with Gasteiger partial charge in [0.05, 0.1) is 33.2 Å². The number of allylic oxidation sites excluding steroid dienone is 3. The van der Waals surface area contributed by atoms with Gasteiger partial charge in [-0.2, -0.15) is 17.0 Å². The van der Waals surface area contributed by atoms with E-state index in [-0.39, 0.29) is 33.6 Å². The highest BCUT2D eigenvalue weighted by Gasteiger charge is 2.41. The Labute approximate surface area is 248 Å². The topological polar surface area (TPSA) is 113 Å². The van der Waals surface area contributed by atoms with Crippen LogP contribution in [0.15, 0.2) is 83.3 Å². The van der Waals surface area contributed by atoms with Gasteiger partial charge in [0.1, 0.15) is 5.82 Å². The number of nitro benzene ring substituents is 1. The second kappa shape index (κ2) is 11.8. The van der Waals surface area contributed by atoms with Crippen LogP contribution in [0.3, 0.4) is 0 Å². The lowest BCUT2D eigenvalue weighted by molar-refractivity contribution is -0.384. The Bertz CT molecular complexity index is 1660. The Balaban J connectivity index is 1.61. The van der Waals surface area contributed by atoms with Crippen LogP contribution in [0.25, 0.3) is 0 Å². The normalized spacial score (nSPS) is 17.0.